The Hall–Kier alpha value is -1.72. The Labute approximate surface area is 219 Å². The largest absolute Gasteiger partial charge is 0.393 e. The van der Waals surface area contributed by atoms with Crippen LogP contribution >= 0.6 is 0 Å². The number of rotatable bonds is 14. The maximum absolute atomic E-state index is 10.1. The van der Waals surface area contributed by atoms with E-state index < -0.39 is 23.4 Å². The molecule has 0 aliphatic heterocycles. The van der Waals surface area contributed by atoms with Gasteiger partial charge in [0.25, 0.3) is 0 Å². The summed E-state index contributed by atoms with van der Waals surface area (Å²) in [5, 5.41) is 39.9. The minimum atomic E-state index is -0.670. The van der Waals surface area contributed by atoms with Crippen molar-refractivity contribution in [1.29, 1.82) is 0 Å². The van der Waals surface area contributed by atoms with Gasteiger partial charge in [0.1, 0.15) is 0 Å². The van der Waals surface area contributed by atoms with Crippen molar-refractivity contribution in [2.45, 2.75) is 128 Å². The molecule has 2 rings (SSSR count). The summed E-state index contributed by atoms with van der Waals surface area (Å²) in [6.07, 6.45) is 16.0. The van der Waals surface area contributed by atoms with Crippen LogP contribution in [0.25, 0.3) is 6.08 Å². The van der Waals surface area contributed by atoms with Crippen molar-refractivity contribution in [1.82, 2.24) is 0 Å². The molecule has 0 radical (unpaired) electrons. The van der Waals surface area contributed by atoms with E-state index >= 15 is 0 Å². The molecule has 1 aliphatic rings. The van der Waals surface area contributed by atoms with Gasteiger partial charge in [-0.2, -0.15) is 0 Å². The lowest BCUT2D eigenvalue weighted by molar-refractivity contribution is 0.0674. The highest BCUT2D eigenvalue weighted by Crippen LogP contribution is 2.28. The molecule has 4 heteroatoms. The van der Waals surface area contributed by atoms with Gasteiger partial charge in [-0.3, -0.25) is 0 Å². The van der Waals surface area contributed by atoms with Gasteiger partial charge in [-0.15, -0.1) is 0 Å². The van der Waals surface area contributed by atoms with E-state index in [1.165, 1.54) is 11.1 Å². The first kappa shape index (κ1) is 30.5. The molecule has 0 spiro atoms. The predicted molar refractivity (Wildman–Crippen MR) is 151 cm³/mol. The van der Waals surface area contributed by atoms with E-state index in [1.54, 1.807) is 0 Å². The summed E-state index contributed by atoms with van der Waals surface area (Å²) in [4.78, 5) is 0. The second-order valence-corrected chi connectivity index (χ2v) is 12.0. The molecule has 1 fully saturated rings. The van der Waals surface area contributed by atoms with E-state index in [1.807, 2.05) is 39.8 Å². The maximum atomic E-state index is 10.1. The Morgan fingerprint density at radius 2 is 1.36 bits per heavy atom. The molecule has 4 nitrogen and oxygen atoms in total. The van der Waals surface area contributed by atoms with E-state index in [0.717, 1.165) is 75.3 Å². The smallest absolute Gasteiger partial charge is 0.0811 e. The van der Waals surface area contributed by atoms with Crippen LogP contribution in [0.4, 0.5) is 0 Å². The van der Waals surface area contributed by atoms with E-state index in [9.17, 15) is 20.4 Å². The molecule has 0 unspecified atom stereocenters. The van der Waals surface area contributed by atoms with Crippen LogP contribution in [-0.2, 0) is 12.8 Å². The predicted octanol–water partition coefficient (Wildman–Crippen LogP) is 6.45. The van der Waals surface area contributed by atoms with Gasteiger partial charge in [-0.1, -0.05) is 68.7 Å². The summed E-state index contributed by atoms with van der Waals surface area (Å²) in [6, 6.07) is 6.84. The zero-order chi connectivity index (χ0) is 26.8. The molecule has 1 aliphatic carbocycles. The molecule has 0 amide bonds. The van der Waals surface area contributed by atoms with Crippen LogP contribution < -0.4 is 0 Å². The molecular formula is C32H50O4. The number of hydrogen-bond donors (Lipinski definition) is 4. The average Bonchev–Trinajstić information content (AvgIpc) is 2.75. The highest BCUT2D eigenvalue weighted by molar-refractivity contribution is 5.55. The molecule has 1 saturated carbocycles. The van der Waals surface area contributed by atoms with Crippen molar-refractivity contribution in [3.63, 3.8) is 0 Å². The number of aryl methyl sites for hydroxylation is 2. The minimum Gasteiger partial charge on any atom is -0.393 e. The molecule has 1 aromatic rings. The fourth-order valence-electron chi connectivity index (χ4n) is 4.84. The van der Waals surface area contributed by atoms with Crippen LogP contribution in [-0.4, -0.2) is 43.8 Å². The molecule has 202 valence electrons. The van der Waals surface area contributed by atoms with E-state index in [-0.39, 0.29) is 0 Å². The Bertz CT molecular complexity index is 840. The van der Waals surface area contributed by atoms with Crippen molar-refractivity contribution in [2.24, 2.45) is 0 Å². The highest BCUT2D eigenvalue weighted by atomic mass is 16.3. The third-order valence-corrected chi connectivity index (χ3v) is 6.93. The topological polar surface area (TPSA) is 80.9 Å². The first-order chi connectivity index (χ1) is 16.8. The molecule has 0 bridgehead atoms. The summed E-state index contributed by atoms with van der Waals surface area (Å²) >= 11 is 0. The van der Waals surface area contributed by atoms with Gasteiger partial charge in [0.05, 0.1) is 23.4 Å². The lowest BCUT2D eigenvalue weighted by Crippen LogP contribution is -2.26. The van der Waals surface area contributed by atoms with Crippen LogP contribution in [0.15, 0.2) is 48.1 Å². The van der Waals surface area contributed by atoms with Crippen LogP contribution in [0.3, 0.4) is 0 Å². The lowest BCUT2D eigenvalue weighted by Gasteiger charge is -2.26. The van der Waals surface area contributed by atoms with E-state index in [0.29, 0.717) is 18.4 Å². The van der Waals surface area contributed by atoms with E-state index in [2.05, 4.69) is 30.9 Å². The van der Waals surface area contributed by atoms with Crippen molar-refractivity contribution >= 4 is 6.08 Å². The lowest BCUT2D eigenvalue weighted by atomic mass is 9.86. The van der Waals surface area contributed by atoms with Crippen molar-refractivity contribution in [2.75, 3.05) is 0 Å². The van der Waals surface area contributed by atoms with Gasteiger partial charge in [0, 0.05) is 6.42 Å². The number of aliphatic hydroxyl groups is 4. The Balaban J connectivity index is 2.05. The summed E-state index contributed by atoms with van der Waals surface area (Å²) < 4.78 is 0. The number of benzene rings is 1. The van der Waals surface area contributed by atoms with Gasteiger partial charge in [-0.25, -0.2) is 0 Å². The average molecular weight is 499 g/mol. The Morgan fingerprint density at radius 3 is 1.86 bits per heavy atom. The van der Waals surface area contributed by atoms with Crippen molar-refractivity contribution < 1.29 is 20.4 Å². The van der Waals surface area contributed by atoms with Crippen LogP contribution in [0.5, 0.6) is 0 Å². The summed E-state index contributed by atoms with van der Waals surface area (Å²) in [7, 11) is 0. The zero-order valence-corrected chi connectivity index (χ0v) is 23.1. The van der Waals surface area contributed by atoms with Crippen molar-refractivity contribution in [3.05, 3.63) is 64.8 Å². The fourth-order valence-corrected chi connectivity index (χ4v) is 4.84. The molecular weight excluding hydrogens is 448 g/mol. The van der Waals surface area contributed by atoms with Crippen LogP contribution in [0.2, 0.25) is 0 Å². The fraction of sp³-hybridized carbons (Fsp3) is 0.625. The second kappa shape index (κ2) is 14.3. The number of hydrogen-bond acceptors (Lipinski definition) is 4. The third-order valence-electron chi connectivity index (χ3n) is 6.93. The van der Waals surface area contributed by atoms with Gasteiger partial charge in [0.15, 0.2) is 0 Å². The van der Waals surface area contributed by atoms with Crippen LogP contribution in [0.1, 0.15) is 109 Å². The number of unbranched alkanes of at least 4 members (excludes halogenated alkanes) is 4. The first-order valence-electron chi connectivity index (χ1n) is 13.8. The SMILES string of the molecule is C=C1/C(=C\C=C\c2cc(CCCCCC(C)(C)O)cc(CCCCCC(C)(C)O)c2)C[C@@H](O)C[C@@H]1O. The third kappa shape index (κ3) is 12.5. The molecule has 2 atom stereocenters. The molecule has 0 saturated heterocycles. The van der Waals surface area contributed by atoms with Gasteiger partial charge in [-0.05, 0) is 100 Å². The van der Waals surface area contributed by atoms with Crippen LogP contribution in [0, 0.1) is 0 Å². The molecule has 0 aromatic heterocycles. The number of allylic oxidation sites excluding steroid dienone is 2. The monoisotopic (exact) mass is 498 g/mol. The van der Waals surface area contributed by atoms with Gasteiger partial charge in [0.2, 0.25) is 0 Å². The molecule has 0 heterocycles. The quantitative estimate of drug-likeness (QED) is 0.222. The van der Waals surface area contributed by atoms with Crippen molar-refractivity contribution in [3.8, 4) is 0 Å². The van der Waals surface area contributed by atoms with E-state index in [4.69, 9.17) is 0 Å². The van der Waals surface area contributed by atoms with Gasteiger partial charge >= 0.3 is 0 Å². The number of aliphatic hydroxyl groups excluding tert-OH is 2. The molecule has 36 heavy (non-hydrogen) atoms. The molecule has 1 aromatic carbocycles. The maximum Gasteiger partial charge on any atom is 0.0811 e. The normalized spacial score (nSPS) is 20.6. The summed E-state index contributed by atoms with van der Waals surface area (Å²) in [5.74, 6) is 0. The first-order valence-corrected chi connectivity index (χ1v) is 13.8. The Kier molecular flexibility index (Phi) is 12.1. The highest BCUT2D eigenvalue weighted by Gasteiger charge is 2.24. The van der Waals surface area contributed by atoms with Gasteiger partial charge < -0.3 is 20.4 Å². The summed E-state index contributed by atoms with van der Waals surface area (Å²) in [5.41, 5.74) is 4.28. The minimum absolute atomic E-state index is 0.358. The summed E-state index contributed by atoms with van der Waals surface area (Å²) in [6.45, 7) is 11.5. The standard InChI is InChI=1S/C32H50O4/c1-24-28(22-29(33)23-30(24)34)16-12-15-27-20-25(13-8-6-10-17-31(2,3)35)19-26(21-27)14-9-7-11-18-32(4,5)36/h12,15-16,19-21,29-30,33-36H,1,6-11,13-14,17-18,22-23H2,2-5H3/b15-12+,28-16-/t29-,30+/m1/s1. The second-order valence-electron chi connectivity index (χ2n) is 12.0. The molecule has 4 N–H and O–H groups in total. The Morgan fingerprint density at radius 1 is 0.833 bits per heavy atom. The zero-order valence-electron chi connectivity index (χ0n) is 23.1.